The summed E-state index contributed by atoms with van der Waals surface area (Å²) in [6.45, 7) is 6.33. The van der Waals surface area contributed by atoms with E-state index in [9.17, 15) is 4.79 Å². The van der Waals surface area contributed by atoms with Crippen LogP contribution in [0.3, 0.4) is 0 Å². The zero-order valence-electron chi connectivity index (χ0n) is 19.1. The van der Waals surface area contributed by atoms with E-state index >= 15 is 0 Å². The summed E-state index contributed by atoms with van der Waals surface area (Å²) in [5, 5.41) is 5.20. The van der Waals surface area contributed by atoms with Crippen molar-refractivity contribution >= 4 is 22.6 Å². The van der Waals surface area contributed by atoms with Crippen molar-refractivity contribution in [1.29, 1.82) is 0 Å². The Balaban J connectivity index is 1.57. The van der Waals surface area contributed by atoms with Crippen LogP contribution >= 0.6 is 0 Å². The van der Waals surface area contributed by atoms with E-state index in [0.717, 1.165) is 46.3 Å². The Morgan fingerprint density at radius 3 is 2.75 bits per heavy atom. The predicted molar refractivity (Wildman–Crippen MR) is 128 cm³/mol. The van der Waals surface area contributed by atoms with Gasteiger partial charge in [0.2, 0.25) is 0 Å². The third-order valence-corrected chi connectivity index (χ3v) is 5.58. The maximum atomic E-state index is 12.6. The van der Waals surface area contributed by atoms with Gasteiger partial charge in [-0.3, -0.25) is 4.90 Å². The van der Waals surface area contributed by atoms with Gasteiger partial charge in [0.15, 0.2) is 0 Å². The topological polar surface area (TPSA) is 96.3 Å². The highest BCUT2D eigenvalue weighted by Gasteiger charge is 2.34. The Morgan fingerprint density at radius 1 is 1.25 bits per heavy atom. The van der Waals surface area contributed by atoms with E-state index in [-0.39, 0.29) is 12.1 Å². The van der Waals surface area contributed by atoms with Gasteiger partial charge in [-0.05, 0) is 62.1 Å². The van der Waals surface area contributed by atoms with Crippen molar-refractivity contribution in [3.8, 4) is 11.3 Å². The Morgan fingerprint density at radius 2 is 2.00 bits per heavy atom. The number of amides is 1. The number of imidazole rings is 1. The molecule has 1 fully saturated rings. The highest BCUT2D eigenvalue weighted by molar-refractivity contribution is 5.89. The van der Waals surface area contributed by atoms with Crippen LogP contribution < -0.4 is 11.1 Å². The third kappa shape index (κ3) is 4.56. The summed E-state index contributed by atoms with van der Waals surface area (Å²) in [6.07, 6.45) is 5.14. The Kier molecular flexibility index (Phi) is 5.82. The molecule has 168 valence electrons. The molecule has 0 radical (unpaired) electrons. The summed E-state index contributed by atoms with van der Waals surface area (Å²) in [7, 11) is 1.83. The van der Waals surface area contributed by atoms with Gasteiger partial charge < -0.3 is 20.8 Å². The Bertz CT molecular complexity index is 1160. The molecule has 7 nitrogen and oxygen atoms in total. The predicted octanol–water partition coefficient (Wildman–Crippen LogP) is 4.78. The largest absolute Gasteiger partial charge is 0.444 e. The van der Waals surface area contributed by atoms with Crippen molar-refractivity contribution in [3.63, 3.8) is 0 Å². The molecule has 3 aromatic rings. The fourth-order valence-corrected chi connectivity index (χ4v) is 4.07. The highest BCUT2D eigenvalue weighted by Crippen LogP contribution is 2.33. The van der Waals surface area contributed by atoms with Crippen molar-refractivity contribution in [2.45, 2.75) is 45.3 Å². The van der Waals surface area contributed by atoms with E-state index in [2.05, 4.69) is 45.6 Å². The number of hydrogen-bond donors (Lipinski definition) is 3. The van der Waals surface area contributed by atoms with E-state index in [1.165, 1.54) is 0 Å². The minimum absolute atomic E-state index is 0.0939. The molecule has 4 N–H and O–H groups in total. The molecule has 0 aliphatic carbocycles. The first-order chi connectivity index (χ1) is 15.2. The number of carbonyl (C=O) groups is 1. The summed E-state index contributed by atoms with van der Waals surface area (Å²) in [5.74, 6) is 0.795. The summed E-state index contributed by atoms with van der Waals surface area (Å²) in [4.78, 5) is 22.4. The molecule has 0 bridgehead atoms. The monoisotopic (exact) mass is 433 g/mol. The molecule has 1 atom stereocenters. The maximum absolute atomic E-state index is 12.6. The minimum atomic E-state index is -0.517. The molecule has 2 heterocycles. The number of likely N-dealkylation sites (tertiary alicyclic amines) is 1. The summed E-state index contributed by atoms with van der Waals surface area (Å²) in [5.41, 5.74) is 9.23. The molecule has 0 unspecified atom stereocenters. The van der Waals surface area contributed by atoms with Gasteiger partial charge in [-0.15, -0.1) is 0 Å². The van der Waals surface area contributed by atoms with Crippen LogP contribution in [-0.2, 0) is 4.74 Å². The molecular weight excluding hydrogens is 402 g/mol. The molecule has 2 aromatic carbocycles. The van der Waals surface area contributed by atoms with Gasteiger partial charge in [0.05, 0.1) is 23.6 Å². The fourth-order valence-electron chi connectivity index (χ4n) is 4.07. The molecule has 1 amide bonds. The fraction of sp³-hybridized carbons (Fsp3) is 0.360. The second-order valence-corrected chi connectivity index (χ2v) is 9.18. The number of hydrogen-bond acceptors (Lipinski definition) is 5. The molecule has 0 spiro atoms. The van der Waals surface area contributed by atoms with Crippen LogP contribution in [-0.4, -0.2) is 40.2 Å². The first kappa shape index (κ1) is 21.7. The van der Waals surface area contributed by atoms with E-state index in [0.29, 0.717) is 12.2 Å². The van der Waals surface area contributed by atoms with E-state index in [1.54, 1.807) is 11.1 Å². The van der Waals surface area contributed by atoms with Gasteiger partial charge >= 0.3 is 6.09 Å². The number of aromatic nitrogens is 2. The average Bonchev–Trinajstić information content (AvgIpc) is 3.41. The molecule has 1 saturated heterocycles. The molecule has 1 aliphatic rings. The molecule has 1 aromatic heterocycles. The van der Waals surface area contributed by atoms with Crippen molar-refractivity contribution in [2.24, 2.45) is 5.73 Å². The quantitative estimate of drug-likeness (QED) is 0.550. The molecule has 0 saturated carbocycles. The smallest absolute Gasteiger partial charge is 0.410 e. The summed E-state index contributed by atoms with van der Waals surface area (Å²) in [6, 6.07) is 12.4. The average molecular weight is 434 g/mol. The second-order valence-electron chi connectivity index (χ2n) is 9.18. The lowest BCUT2D eigenvalue weighted by Gasteiger charge is -2.27. The molecule has 32 heavy (non-hydrogen) atoms. The SMILES string of the molecule is CN/C=C(\N)c1ccc2cc(-c3cnc([C@@H]4CCCN4C(=O)OC(C)(C)C)[nH]3)ccc2c1. The summed E-state index contributed by atoms with van der Waals surface area (Å²) >= 11 is 0. The van der Waals surface area contributed by atoms with Crippen LogP contribution in [0.5, 0.6) is 0 Å². The van der Waals surface area contributed by atoms with Gasteiger partial charge in [0.25, 0.3) is 0 Å². The van der Waals surface area contributed by atoms with Crippen LogP contribution in [0.4, 0.5) is 4.79 Å². The van der Waals surface area contributed by atoms with Gasteiger partial charge in [-0.1, -0.05) is 24.3 Å². The number of rotatable bonds is 4. The van der Waals surface area contributed by atoms with Crippen LogP contribution in [0.1, 0.15) is 51.0 Å². The number of nitrogens with zero attached hydrogens (tertiary/aromatic N) is 2. The third-order valence-electron chi connectivity index (χ3n) is 5.58. The lowest BCUT2D eigenvalue weighted by Crippen LogP contribution is -2.36. The number of benzene rings is 2. The van der Waals surface area contributed by atoms with Crippen molar-refractivity contribution in [3.05, 3.63) is 60.2 Å². The Labute approximate surface area is 188 Å². The number of carbonyl (C=O) groups excluding carboxylic acids is 1. The van der Waals surface area contributed by atoms with E-state index < -0.39 is 5.60 Å². The number of nitrogens with two attached hydrogens (primary N) is 1. The van der Waals surface area contributed by atoms with Gasteiger partial charge in [0, 0.05) is 25.4 Å². The number of nitrogens with one attached hydrogen (secondary N) is 2. The van der Waals surface area contributed by atoms with Crippen molar-refractivity contribution in [2.75, 3.05) is 13.6 Å². The molecule has 1 aliphatic heterocycles. The normalized spacial score (nSPS) is 17.1. The molecule has 4 rings (SSSR count). The standard InChI is InChI=1S/C25H31N5O2/c1-25(2,3)32-24(31)30-11-5-6-22(30)23-28-15-21(29-23)19-10-8-16-12-18(20(26)14-27-4)9-7-17(16)13-19/h7-10,12-15,22,27H,5-6,11,26H2,1-4H3,(H,28,29)/b20-14-/t22-/m0/s1. The first-order valence-corrected chi connectivity index (χ1v) is 11.0. The van der Waals surface area contributed by atoms with Crippen LogP contribution in [0.15, 0.2) is 48.8 Å². The number of ether oxygens (including phenoxy) is 1. The Hall–Kier alpha value is -3.48. The van der Waals surface area contributed by atoms with Crippen molar-refractivity contribution in [1.82, 2.24) is 20.2 Å². The maximum Gasteiger partial charge on any atom is 0.410 e. The van der Waals surface area contributed by atoms with Gasteiger partial charge in [0.1, 0.15) is 11.4 Å². The zero-order valence-corrected chi connectivity index (χ0v) is 19.1. The first-order valence-electron chi connectivity index (χ1n) is 11.0. The summed E-state index contributed by atoms with van der Waals surface area (Å²) < 4.78 is 5.58. The highest BCUT2D eigenvalue weighted by atomic mass is 16.6. The lowest BCUT2D eigenvalue weighted by molar-refractivity contribution is 0.0218. The zero-order chi connectivity index (χ0) is 22.9. The van der Waals surface area contributed by atoms with Gasteiger partial charge in [-0.2, -0.15) is 0 Å². The van der Waals surface area contributed by atoms with Crippen LogP contribution in [0.25, 0.3) is 27.7 Å². The number of aromatic amines is 1. The second kappa shape index (κ2) is 8.57. The molecular formula is C25H31N5O2. The van der Waals surface area contributed by atoms with E-state index in [4.69, 9.17) is 10.5 Å². The van der Waals surface area contributed by atoms with Crippen LogP contribution in [0, 0.1) is 0 Å². The minimum Gasteiger partial charge on any atom is -0.444 e. The number of H-pyrrole nitrogens is 1. The van der Waals surface area contributed by atoms with Crippen LogP contribution in [0.2, 0.25) is 0 Å². The van der Waals surface area contributed by atoms with Gasteiger partial charge in [-0.25, -0.2) is 9.78 Å². The molecule has 7 heteroatoms. The number of fused-ring (bicyclic) bond motifs is 1. The van der Waals surface area contributed by atoms with E-state index in [1.807, 2.05) is 40.1 Å². The van der Waals surface area contributed by atoms with Crippen molar-refractivity contribution < 1.29 is 9.53 Å². The lowest BCUT2D eigenvalue weighted by atomic mass is 10.0.